The lowest BCUT2D eigenvalue weighted by Crippen LogP contribution is -2.61. The van der Waals surface area contributed by atoms with Crippen LogP contribution in [0.5, 0.6) is 0 Å². The zero-order valence-electron chi connectivity index (χ0n) is 17.4. The number of rotatable bonds is 4. The van der Waals surface area contributed by atoms with Crippen molar-refractivity contribution < 1.29 is 34.3 Å². The minimum Gasteiger partial charge on any atom is -0.465 e. The van der Waals surface area contributed by atoms with Crippen molar-refractivity contribution in [2.24, 2.45) is 5.41 Å². The van der Waals surface area contributed by atoms with Crippen LogP contribution in [-0.4, -0.2) is 105 Å². The lowest BCUT2D eigenvalue weighted by molar-refractivity contribution is -0.149. The monoisotopic (exact) mass is 427 g/mol. The van der Waals surface area contributed by atoms with E-state index in [-0.39, 0.29) is 49.6 Å². The summed E-state index contributed by atoms with van der Waals surface area (Å²) in [4.78, 5) is 57.6. The minimum absolute atomic E-state index is 0.202. The number of carboxylic acid groups (broad SMARTS) is 1. The summed E-state index contributed by atoms with van der Waals surface area (Å²) in [6.07, 6.45) is -0.128. The molecule has 1 unspecified atom stereocenters. The number of piperazine rings is 1. The number of piperidine rings is 1. The van der Waals surface area contributed by atoms with E-state index in [1.165, 1.54) is 14.7 Å². The predicted octanol–water partition coefficient (Wildman–Crippen LogP) is -0.0711. The van der Waals surface area contributed by atoms with Gasteiger partial charge in [-0.1, -0.05) is 20.8 Å². The van der Waals surface area contributed by atoms with Gasteiger partial charge in [0.05, 0.1) is 12.1 Å². The SMILES string of the molecule is CC(C)(C)C1CN(C(=O)CONC(=O)[C@@H]2CC[C@@H]3CN2C(=O)N3O)CCN1C(=O)O. The third-order valence-corrected chi connectivity index (χ3v) is 5.99. The van der Waals surface area contributed by atoms with E-state index in [0.29, 0.717) is 17.9 Å². The fourth-order valence-electron chi connectivity index (χ4n) is 4.23. The van der Waals surface area contributed by atoms with Crippen molar-refractivity contribution in [1.29, 1.82) is 0 Å². The van der Waals surface area contributed by atoms with Gasteiger partial charge in [0.2, 0.25) is 0 Å². The molecule has 0 spiro atoms. The Bertz CT molecular complexity index is 724. The summed E-state index contributed by atoms with van der Waals surface area (Å²) in [5, 5.41) is 19.7. The largest absolute Gasteiger partial charge is 0.465 e. The van der Waals surface area contributed by atoms with Gasteiger partial charge in [-0.2, -0.15) is 0 Å². The quantitative estimate of drug-likeness (QED) is 0.421. The van der Waals surface area contributed by atoms with Crippen molar-refractivity contribution in [2.45, 2.75) is 51.7 Å². The lowest BCUT2D eigenvalue weighted by atomic mass is 9.84. The highest BCUT2D eigenvalue weighted by Gasteiger charge is 2.47. The summed E-state index contributed by atoms with van der Waals surface area (Å²) < 4.78 is 0. The number of hydroxylamine groups is 3. The maximum Gasteiger partial charge on any atom is 0.407 e. The van der Waals surface area contributed by atoms with E-state index in [1.54, 1.807) is 0 Å². The first-order valence-corrected chi connectivity index (χ1v) is 9.98. The summed E-state index contributed by atoms with van der Waals surface area (Å²) in [6.45, 7) is 6.31. The highest BCUT2D eigenvalue weighted by atomic mass is 16.7. The normalized spacial score (nSPS) is 26.8. The second kappa shape index (κ2) is 8.26. The molecule has 3 aliphatic rings. The molecule has 0 aromatic carbocycles. The van der Waals surface area contributed by atoms with Gasteiger partial charge < -0.3 is 19.8 Å². The van der Waals surface area contributed by atoms with Gasteiger partial charge in [-0.15, -0.1) is 0 Å². The predicted molar refractivity (Wildman–Crippen MR) is 101 cm³/mol. The molecule has 0 aliphatic carbocycles. The van der Waals surface area contributed by atoms with Crippen molar-refractivity contribution in [3.63, 3.8) is 0 Å². The van der Waals surface area contributed by atoms with E-state index in [9.17, 15) is 29.5 Å². The molecule has 12 nitrogen and oxygen atoms in total. The number of hydrogen-bond acceptors (Lipinski definition) is 6. The second-order valence-corrected chi connectivity index (χ2v) is 8.98. The van der Waals surface area contributed by atoms with Gasteiger partial charge in [-0.05, 0) is 18.3 Å². The minimum atomic E-state index is -1.02. The third-order valence-electron chi connectivity index (χ3n) is 5.99. The Morgan fingerprint density at radius 2 is 1.87 bits per heavy atom. The van der Waals surface area contributed by atoms with E-state index < -0.39 is 30.7 Å². The van der Waals surface area contributed by atoms with Crippen molar-refractivity contribution >= 4 is 23.9 Å². The van der Waals surface area contributed by atoms with E-state index in [4.69, 9.17) is 4.84 Å². The Morgan fingerprint density at radius 1 is 1.17 bits per heavy atom. The van der Waals surface area contributed by atoms with Gasteiger partial charge >= 0.3 is 12.1 Å². The Hall–Kier alpha value is -2.60. The molecule has 30 heavy (non-hydrogen) atoms. The molecule has 0 saturated carbocycles. The number of nitrogens with zero attached hydrogens (tertiary/aromatic N) is 4. The molecule has 5 amide bonds. The molecular formula is C18H29N5O7. The van der Waals surface area contributed by atoms with Crippen molar-refractivity contribution in [1.82, 2.24) is 25.2 Å². The molecule has 3 heterocycles. The van der Waals surface area contributed by atoms with Crippen LogP contribution in [0.4, 0.5) is 9.59 Å². The maximum atomic E-state index is 12.5. The Labute approximate surface area is 174 Å². The molecule has 3 rings (SSSR count). The van der Waals surface area contributed by atoms with Crippen LogP contribution in [0.3, 0.4) is 0 Å². The molecule has 3 fully saturated rings. The van der Waals surface area contributed by atoms with Gasteiger partial charge in [-0.25, -0.2) is 20.1 Å². The Morgan fingerprint density at radius 3 is 2.50 bits per heavy atom. The van der Waals surface area contributed by atoms with E-state index in [1.807, 2.05) is 20.8 Å². The number of hydrogen-bond donors (Lipinski definition) is 3. The van der Waals surface area contributed by atoms with Crippen LogP contribution in [0.2, 0.25) is 0 Å². The number of amides is 5. The maximum absolute atomic E-state index is 12.5. The first-order chi connectivity index (χ1) is 14.0. The lowest BCUT2D eigenvalue weighted by Gasteiger charge is -2.45. The molecule has 0 aromatic heterocycles. The van der Waals surface area contributed by atoms with Gasteiger partial charge in [0, 0.05) is 26.2 Å². The third kappa shape index (κ3) is 4.29. The van der Waals surface area contributed by atoms with Gasteiger partial charge in [0.15, 0.2) is 6.61 Å². The van der Waals surface area contributed by atoms with Crippen LogP contribution in [0.25, 0.3) is 0 Å². The molecule has 3 N–H and O–H groups in total. The van der Waals surface area contributed by atoms with Gasteiger partial charge in [0.1, 0.15) is 6.04 Å². The van der Waals surface area contributed by atoms with Gasteiger partial charge in [0.25, 0.3) is 11.8 Å². The van der Waals surface area contributed by atoms with Crippen LogP contribution in [0.1, 0.15) is 33.6 Å². The first-order valence-electron chi connectivity index (χ1n) is 9.98. The van der Waals surface area contributed by atoms with Crippen LogP contribution < -0.4 is 5.48 Å². The topological polar surface area (TPSA) is 143 Å². The number of nitrogens with one attached hydrogen (secondary N) is 1. The van der Waals surface area contributed by atoms with E-state index in [2.05, 4.69) is 5.48 Å². The highest BCUT2D eigenvalue weighted by Crippen LogP contribution is 2.29. The summed E-state index contributed by atoms with van der Waals surface area (Å²) >= 11 is 0. The van der Waals surface area contributed by atoms with E-state index in [0.717, 1.165) is 0 Å². The summed E-state index contributed by atoms with van der Waals surface area (Å²) in [5.74, 6) is -0.912. The standard InChI is InChI=1S/C18H29N5O7/c1-18(2,3)13-9-20(6-7-21(13)17(27)28)14(24)10-30-19-15(25)12-5-4-11-8-22(12)16(26)23(11)29/h11-13,29H,4-10H2,1-3H3,(H,19,25)(H,27,28)/t11-,12+,13?/m1/s1. The molecule has 3 atom stereocenters. The van der Waals surface area contributed by atoms with E-state index >= 15 is 0 Å². The molecule has 0 radical (unpaired) electrons. The smallest absolute Gasteiger partial charge is 0.407 e. The average Bonchev–Trinajstić information content (AvgIpc) is 2.90. The van der Waals surface area contributed by atoms with Crippen LogP contribution in [0, 0.1) is 5.41 Å². The van der Waals surface area contributed by atoms with Crippen LogP contribution in [0.15, 0.2) is 0 Å². The Balaban J connectivity index is 1.49. The highest BCUT2D eigenvalue weighted by molar-refractivity contribution is 5.88. The van der Waals surface area contributed by atoms with Crippen molar-refractivity contribution in [2.75, 3.05) is 32.8 Å². The molecule has 0 aromatic rings. The molecule has 168 valence electrons. The molecule has 3 aliphatic heterocycles. The zero-order chi connectivity index (χ0) is 22.2. The summed E-state index contributed by atoms with van der Waals surface area (Å²) in [6, 6.07) is -2.03. The molecule has 2 bridgehead atoms. The second-order valence-electron chi connectivity index (χ2n) is 8.98. The van der Waals surface area contributed by atoms with Gasteiger partial charge in [-0.3, -0.25) is 19.6 Å². The molecular weight excluding hydrogens is 398 g/mol. The number of urea groups is 1. The number of carbonyl (C=O) groups is 4. The molecule has 12 heteroatoms. The zero-order valence-corrected chi connectivity index (χ0v) is 17.4. The Kier molecular flexibility index (Phi) is 6.09. The summed E-state index contributed by atoms with van der Waals surface area (Å²) in [5.41, 5.74) is 1.87. The van der Waals surface area contributed by atoms with Crippen molar-refractivity contribution in [3.05, 3.63) is 0 Å². The number of carbonyl (C=O) groups excluding carboxylic acids is 3. The fourth-order valence-corrected chi connectivity index (χ4v) is 4.23. The number of fused-ring (bicyclic) bond motifs is 2. The van der Waals surface area contributed by atoms with Crippen LogP contribution >= 0.6 is 0 Å². The fraction of sp³-hybridized carbons (Fsp3) is 0.778. The first kappa shape index (κ1) is 22.1. The van der Waals surface area contributed by atoms with Crippen LogP contribution in [-0.2, 0) is 14.4 Å². The van der Waals surface area contributed by atoms with Crippen molar-refractivity contribution in [3.8, 4) is 0 Å². The average molecular weight is 427 g/mol. The molecule has 3 saturated heterocycles. The summed E-state index contributed by atoms with van der Waals surface area (Å²) in [7, 11) is 0.